The van der Waals surface area contributed by atoms with Crippen molar-refractivity contribution in [3.05, 3.63) is 35.9 Å². The lowest BCUT2D eigenvalue weighted by molar-refractivity contribution is -0.144. The molecular weight excluding hydrogens is 238 g/mol. The molecule has 0 aliphatic rings. The van der Waals surface area contributed by atoms with Crippen LogP contribution in [0.2, 0.25) is 0 Å². The molecule has 2 N–H and O–H groups in total. The zero-order chi connectivity index (χ0) is 14.1. The van der Waals surface area contributed by atoms with Crippen molar-refractivity contribution >= 4 is 5.97 Å². The Balaban J connectivity index is 2.16. The van der Waals surface area contributed by atoms with Gasteiger partial charge in [0.05, 0.1) is 6.61 Å². The van der Waals surface area contributed by atoms with Crippen LogP contribution in [0.1, 0.15) is 51.1 Å². The Kier molecular flexibility index (Phi) is 7.19. The minimum atomic E-state index is -0.143. The van der Waals surface area contributed by atoms with Crippen molar-refractivity contribution in [1.82, 2.24) is 0 Å². The van der Waals surface area contributed by atoms with E-state index in [0.717, 1.165) is 18.4 Å². The molecule has 0 fully saturated rings. The van der Waals surface area contributed by atoms with Crippen LogP contribution in [0.3, 0.4) is 0 Å². The summed E-state index contributed by atoms with van der Waals surface area (Å²) >= 11 is 0. The summed E-state index contributed by atoms with van der Waals surface area (Å²) < 4.78 is 5.18. The van der Waals surface area contributed by atoms with Gasteiger partial charge in [0.2, 0.25) is 0 Å². The zero-order valence-electron chi connectivity index (χ0n) is 12.0. The van der Waals surface area contributed by atoms with Gasteiger partial charge in [0.25, 0.3) is 0 Å². The summed E-state index contributed by atoms with van der Waals surface area (Å²) in [6.45, 7) is 4.86. The molecule has 19 heavy (non-hydrogen) atoms. The van der Waals surface area contributed by atoms with Gasteiger partial charge in [-0.2, -0.15) is 0 Å². The smallest absolute Gasteiger partial charge is 0.305 e. The van der Waals surface area contributed by atoms with Crippen molar-refractivity contribution in [3.8, 4) is 0 Å². The van der Waals surface area contributed by atoms with E-state index in [1.165, 1.54) is 0 Å². The molecule has 3 heteroatoms. The average Bonchev–Trinajstić information content (AvgIpc) is 2.41. The summed E-state index contributed by atoms with van der Waals surface area (Å²) in [5, 5.41) is 0. The maximum absolute atomic E-state index is 11.5. The molecule has 0 saturated heterocycles. The van der Waals surface area contributed by atoms with Crippen LogP contribution in [0.5, 0.6) is 0 Å². The van der Waals surface area contributed by atoms with E-state index in [1.807, 2.05) is 30.3 Å². The zero-order valence-corrected chi connectivity index (χ0v) is 12.0. The Morgan fingerprint density at radius 1 is 1.21 bits per heavy atom. The van der Waals surface area contributed by atoms with E-state index in [9.17, 15) is 4.79 Å². The SMILES string of the molecule is CC(C)CCCOC(=O)CCC(N)c1ccccc1. The number of rotatable bonds is 8. The molecule has 0 amide bonds. The van der Waals surface area contributed by atoms with E-state index < -0.39 is 0 Å². The Morgan fingerprint density at radius 2 is 1.89 bits per heavy atom. The second-order valence-corrected chi connectivity index (χ2v) is 5.31. The molecule has 0 heterocycles. The number of carbonyl (C=O) groups excluding carboxylic acids is 1. The van der Waals surface area contributed by atoms with E-state index in [1.54, 1.807) is 0 Å². The van der Waals surface area contributed by atoms with Crippen LogP contribution in [0, 0.1) is 5.92 Å². The number of nitrogens with two attached hydrogens (primary N) is 1. The highest BCUT2D eigenvalue weighted by molar-refractivity contribution is 5.69. The van der Waals surface area contributed by atoms with Gasteiger partial charge in [0, 0.05) is 12.5 Å². The van der Waals surface area contributed by atoms with E-state index >= 15 is 0 Å². The minimum Gasteiger partial charge on any atom is -0.466 e. The van der Waals surface area contributed by atoms with Crippen LogP contribution < -0.4 is 5.73 Å². The first-order valence-electron chi connectivity index (χ1n) is 7.05. The normalized spacial score (nSPS) is 12.4. The molecule has 106 valence electrons. The minimum absolute atomic E-state index is 0.0931. The van der Waals surface area contributed by atoms with Crippen molar-refractivity contribution in [1.29, 1.82) is 0 Å². The van der Waals surface area contributed by atoms with E-state index in [2.05, 4.69) is 13.8 Å². The quantitative estimate of drug-likeness (QED) is 0.577. The molecule has 1 aromatic carbocycles. The predicted octanol–water partition coefficient (Wildman–Crippen LogP) is 3.45. The van der Waals surface area contributed by atoms with Gasteiger partial charge in [-0.1, -0.05) is 44.2 Å². The Labute approximate surface area is 116 Å². The van der Waals surface area contributed by atoms with Gasteiger partial charge in [-0.25, -0.2) is 0 Å². The summed E-state index contributed by atoms with van der Waals surface area (Å²) in [6, 6.07) is 9.75. The molecular formula is C16H25NO2. The first-order chi connectivity index (χ1) is 9.09. The first kappa shape index (κ1) is 15.7. The predicted molar refractivity (Wildman–Crippen MR) is 77.6 cm³/mol. The fraction of sp³-hybridized carbons (Fsp3) is 0.562. The number of hydrogen-bond acceptors (Lipinski definition) is 3. The lowest BCUT2D eigenvalue weighted by atomic mass is 10.0. The molecule has 0 saturated carbocycles. The molecule has 1 atom stereocenters. The number of hydrogen-bond donors (Lipinski definition) is 1. The molecule has 0 radical (unpaired) electrons. The second-order valence-electron chi connectivity index (χ2n) is 5.31. The van der Waals surface area contributed by atoms with Gasteiger partial charge < -0.3 is 10.5 Å². The van der Waals surface area contributed by atoms with Gasteiger partial charge in [0.1, 0.15) is 0 Å². The number of esters is 1. The second kappa shape index (κ2) is 8.70. The van der Waals surface area contributed by atoms with Gasteiger partial charge in [-0.15, -0.1) is 0 Å². The Bertz CT molecular complexity index is 362. The lowest BCUT2D eigenvalue weighted by Gasteiger charge is -2.11. The molecule has 1 rings (SSSR count). The van der Waals surface area contributed by atoms with Crippen LogP contribution >= 0.6 is 0 Å². The number of benzene rings is 1. The van der Waals surface area contributed by atoms with Crippen molar-refractivity contribution in [2.24, 2.45) is 11.7 Å². The van der Waals surface area contributed by atoms with E-state index in [4.69, 9.17) is 10.5 Å². The molecule has 0 aromatic heterocycles. The van der Waals surface area contributed by atoms with Crippen LogP contribution in [0.25, 0.3) is 0 Å². The summed E-state index contributed by atoms with van der Waals surface area (Å²) in [6.07, 6.45) is 3.05. The molecule has 0 aliphatic carbocycles. The van der Waals surface area contributed by atoms with Crippen LogP contribution in [0.15, 0.2) is 30.3 Å². The molecule has 1 unspecified atom stereocenters. The maximum Gasteiger partial charge on any atom is 0.305 e. The van der Waals surface area contributed by atoms with Crippen LogP contribution in [-0.2, 0) is 9.53 Å². The Hall–Kier alpha value is -1.35. The van der Waals surface area contributed by atoms with Gasteiger partial charge in [-0.05, 0) is 30.7 Å². The fourth-order valence-corrected chi connectivity index (χ4v) is 1.89. The largest absolute Gasteiger partial charge is 0.466 e. The summed E-state index contributed by atoms with van der Waals surface area (Å²) in [5.74, 6) is 0.514. The topological polar surface area (TPSA) is 52.3 Å². The summed E-state index contributed by atoms with van der Waals surface area (Å²) in [4.78, 5) is 11.5. The highest BCUT2D eigenvalue weighted by Crippen LogP contribution is 2.15. The van der Waals surface area contributed by atoms with Gasteiger partial charge in [-0.3, -0.25) is 4.79 Å². The van der Waals surface area contributed by atoms with Gasteiger partial charge >= 0.3 is 5.97 Å². The number of carbonyl (C=O) groups is 1. The Morgan fingerprint density at radius 3 is 2.53 bits per heavy atom. The van der Waals surface area contributed by atoms with Crippen LogP contribution in [-0.4, -0.2) is 12.6 Å². The highest BCUT2D eigenvalue weighted by atomic mass is 16.5. The van der Waals surface area contributed by atoms with Gasteiger partial charge in [0.15, 0.2) is 0 Å². The van der Waals surface area contributed by atoms with E-state index in [-0.39, 0.29) is 12.0 Å². The van der Waals surface area contributed by atoms with Crippen molar-refractivity contribution in [2.75, 3.05) is 6.61 Å². The van der Waals surface area contributed by atoms with Crippen molar-refractivity contribution < 1.29 is 9.53 Å². The summed E-state index contributed by atoms with van der Waals surface area (Å²) in [5.41, 5.74) is 7.09. The number of ether oxygens (including phenoxy) is 1. The van der Waals surface area contributed by atoms with E-state index in [0.29, 0.717) is 25.4 Å². The van der Waals surface area contributed by atoms with Crippen LogP contribution in [0.4, 0.5) is 0 Å². The van der Waals surface area contributed by atoms with Crippen molar-refractivity contribution in [2.45, 2.75) is 45.6 Å². The fourth-order valence-electron chi connectivity index (χ4n) is 1.89. The van der Waals surface area contributed by atoms with Crippen molar-refractivity contribution in [3.63, 3.8) is 0 Å². The third-order valence-electron chi connectivity index (χ3n) is 3.08. The first-order valence-corrected chi connectivity index (χ1v) is 7.05. The third kappa shape index (κ3) is 6.97. The molecule has 0 bridgehead atoms. The molecule has 3 nitrogen and oxygen atoms in total. The molecule has 1 aromatic rings. The third-order valence-corrected chi connectivity index (χ3v) is 3.08. The maximum atomic E-state index is 11.5. The monoisotopic (exact) mass is 263 g/mol. The molecule has 0 aliphatic heterocycles. The average molecular weight is 263 g/mol. The standard InChI is InChI=1S/C16H25NO2/c1-13(2)7-6-12-19-16(18)11-10-15(17)14-8-4-3-5-9-14/h3-5,8-9,13,15H,6-7,10-12,17H2,1-2H3. The lowest BCUT2D eigenvalue weighted by Crippen LogP contribution is -2.14. The summed E-state index contributed by atoms with van der Waals surface area (Å²) in [7, 11) is 0. The highest BCUT2D eigenvalue weighted by Gasteiger charge is 2.09. The molecule has 0 spiro atoms.